The van der Waals surface area contributed by atoms with Gasteiger partial charge in [0.2, 0.25) is 0 Å². The fraction of sp³-hybridized carbons (Fsp3) is 0. The maximum atomic E-state index is 11.1. The Morgan fingerprint density at radius 1 is 1.19 bits per heavy atom. The summed E-state index contributed by atoms with van der Waals surface area (Å²) in [6, 6.07) is 8.51. The van der Waals surface area contributed by atoms with E-state index in [9.17, 15) is 4.79 Å². The molecule has 1 heterocycles. The van der Waals surface area contributed by atoms with Crippen LogP contribution < -0.4 is 0 Å². The summed E-state index contributed by atoms with van der Waals surface area (Å²) in [4.78, 5) is 15.0. The van der Waals surface area contributed by atoms with E-state index in [1.807, 2.05) is 0 Å². The summed E-state index contributed by atoms with van der Waals surface area (Å²) in [6.07, 6.45) is 3.23. The van der Waals surface area contributed by atoms with Crippen molar-refractivity contribution in [3.63, 3.8) is 0 Å². The third-order valence-corrected chi connectivity index (χ3v) is 2.53. The third kappa shape index (κ3) is 1.90. The van der Waals surface area contributed by atoms with E-state index in [0.717, 1.165) is 5.56 Å². The second-order valence-electron chi connectivity index (χ2n) is 3.20. The predicted molar refractivity (Wildman–Crippen MR) is 61.6 cm³/mol. The molecule has 0 unspecified atom stereocenters. The van der Waals surface area contributed by atoms with Gasteiger partial charge in [-0.25, -0.2) is 4.79 Å². The minimum atomic E-state index is -1.03. The maximum Gasteiger partial charge on any atom is 0.337 e. The molecule has 0 fully saturated rings. The van der Waals surface area contributed by atoms with Crippen molar-refractivity contribution in [3.8, 4) is 11.1 Å². The second kappa shape index (κ2) is 4.33. The molecule has 1 N–H and O–H groups in total. The zero-order valence-electron chi connectivity index (χ0n) is 8.22. The minimum absolute atomic E-state index is 0.121. The van der Waals surface area contributed by atoms with Gasteiger partial charge in [0.1, 0.15) is 0 Å². The van der Waals surface area contributed by atoms with Crippen LogP contribution in [-0.4, -0.2) is 16.1 Å². The van der Waals surface area contributed by atoms with Crippen molar-refractivity contribution in [2.45, 2.75) is 0 Å². The molecular weight excluding hydrogens is 226 g/mol. The lowest BCUT2D eigenvalue weighted by atomic mass is 10.0. The highest BCUT2D eigenvalue weighted by Gasteiger charge is 2.14. The van der Waals surface area contributed by atoms with Crippen molar-refractivity contribution >= 4 is 17.6 Å². The standard InChI is InChI=1S/C12H8ClNO2/c13-10-3-1-2-9(11(10)12(15)16)8-4-6-14-7-5-8/h1-7H,(H,15,16). The Bertz CT molecular complexity index is 526. The Balaban J connectivity index is 2.66. The van der Waals surface area contributed by atoms with Gasteiger partial charge in [0.25, 0.3) is 0 Å². The number of aromatic nitrogens is 1. The zero-order chi connectivity index (χ0) is 11.5. The van der Waals surface area contributed by atoms with Gasteiger partial charge in [-0.3, -0.25) is 4.98 Å². The number of hydrogen-bond acceptors (Lipinski definition) is 2. The van der Waals surface area contributed by atoms with Crippen molar-refractivity contribution in [2.75, 3.05) is 0 Å². The lowest BCUT2D eigenvalue weighted by molar-refractivity contribution is 0.0698. The molecule has 0 saturated carbocycles. The Morgan fingerprint density at radius 2 is 1.88 bits per heavy atom. The van der Waals surface area contributed by atoms with Crippen LogP contribution in [0.15, 0.2) is 42.7 Å². The number of benzene rings is 1. The first kappa shape index (κ1) is 10.6. The van der Waals surface area contributed by atoms with Crippen LogP contribution in [-0.2, 0) is 0 Å². The molecule has 0 bridgehead atoms. The normalized spacial score (nSPS) is 10.1. The molecule has 0 aliphatic heterocycles. The highest BCUT2D eigenvalue weighted by atomic mass is 35.5. The summed E-state index contributed by atoms with van der Waals surface area (Å²) >= 11 is 5.88. The van der Waals surface area contributed by atoms with Crippen LogP contribution in [0.5, 0.6) is 0 Å². The molecule has 2 rings (SSSR count). The van der Waals surface area contributed by atoms with Crippen LogP contribution >= 0.6 is 11.6 Å². The highest BCUT2D eigenvalue weighted by Crippen LogP contribution is 2.28. The molecule has 80 valence electrons. The number of carbonyl (C=O) groups is 1. The fourth-order valence-electron chi connectivity index (χ4n) is 1.51. The molecule has 0 aliphatic carbocycles. The zero-order valence-corrected chi connectivity index (χ0v) is 8.98. The summed E-state index contributed by atoms with van der Waals surface area (Å²) in [7, 11) is 0. The summed E-state index contributed by atoms with van der Waals surface area (Å²) in [5, 5.41) is 9.35. The quantitative estimate of drug-likeness (QED) is 0.867. The molecular formula is C12H8ClNO2. The van der Waals surface area contributed by atoms with E-state index in [1.54, 1.807) is 42.7 Å². The molecule has 0 atom stereocenters. The molecule has 1 aromatic carbocycles. The molecule has 1 aromatic heterocycles. The minimum Gasteiger partial charge on any atom is -0.478 e. The summed E-state index contributed by atoms with van der Waals surface area (Å²) < 4.78 is 0. The smallest absolute Gasteiger partial charge is 0.337 e. The largest absolute Gasteiger partial charge is 0.478 e. The molecule has 2 aromatic rings. The number of hydrogen-bond donors (Lipinski definition) is 1. The molecule has 0 amide bonds. The van der Waals surface area contributed by atoms with Gasteiger partial charge < -0.3 is 5.11 Å². The molecule has 3 nitrogen and oxygen atoms in total. The van der Waals surface area contributed by atoms with E-state index in [1.165, 1.54) is 0 Å². The number of pyridine rings is 1. The summed E-state index contributed by atoms with van der Waals surface area (Å²) in [6.45, 7) is 0. The molecule has 0 saturated heterocycles. The second-order valence-corrected chi connectivity index (χ2v) is 3.61. The average Bonchev–Trinajstić information content (AvgIpc) is 2.29. The fourth-order valence-corrected chi connectivity index (χ4v) is 1.77. The van der Waals surface area contributed by atoms with Gasteiger partial charge in [0.15, 0.2) is 0 Å². The monoisotopic (exact) mass is 233 g/mol. The lowest BCUT2D eigenvalue weighted by Crippen LogP contribution is -2.00. The predicted octanol–water partition coefficient (Wildman–Crippen LogP) is 3.10. The van der Waals surface area contributed by atoms with Gasteiger partial charge in [0.05, 0.1) is 10.6 Å². The van der Waals surface area contributed by atoms with Crippen molar-refractivity contribution in [1.29, 1.82) is 0 Å². The summed E-state index contributed by atoms with van der Waals surface area (Å²) in [5.74, 6) is -1.03. The first-order chi connectivity index (χ1) is 7.70. The van der Waals surface area contributed by atoms with Crippen molar-refractivity contribution < 1.29 is 9.90 Å². The van der Waals surface area contributed by atoms with Crippen molar-refractivity contribution in [1.82, 2.24) is 4.98 Å². The number of carboxylic acid groups (broad SMARTS) is 1. The van der Waals surface area contributed by atoms with Gasteiger partial charge in [0, 0.05) is 12.4 Å². The SMILES string of the molecule is O=C(O)c1c(Cl)cccc1-c1ccncc1. The number of halogens is 1. The molecule has 16 heavy (non-hydrogen) atoms. The lowest BCUT2D eigenvalue weighted by Gasteiger charge is -2.07. The highest BCUT2D eigenvalue weighted by molar-refractivity contribution is 6.34. The van der Waals surface area contributed by atoms with E-state index in [2.05, 4.69) is 4.98 Å². The molecule has 0 aliphatic rings. The third-order valence-electron chi connectivity index (χ3n) is 2.22. The van der Waals surface area contributed by atoms with Crippen LogP contribution in [0, 0.1) is 0 Å². The van der Waals surface area contributed by atoms with Gasteiger partial charge in [-0.1, -0.05) is 23.7 Å². The van der Waals surface area contributed by atoms with E-state index in [0.29, 0.717) is 5.56 Å². The Labute approximate surface area is 97.3 Å². The first-order valence-electron chi connectivity index (χ1n) is 4.62. The van der Waals surface area contributed by atoms with Gasteiger partial charge >= 0.3 is 5.97 Å². The Hall–Kier alpha value is -1.87. The van der Waals surface area contributed by atoms with E-state index < -0.39 is 5.97 Å². The van der Waals surface area contributed by atoms with Crippen molar-refractivity contribution in [2.24, 2.45) is 0 Å². The Kier molecular flexibility index (Phi) is 2.88. The van der Waals surface area contributed by atoms with Crippen molar-refractivity contribution in [3.05, 3.63) is 53.3 Å². The van der Waals surface area contributed by atoms with E-state index >= 15 is 0 Å². The van der Waals surface area contributed by atoms with E-state index in [-0.39, 0.29) is 10.6 Å². The molecule has 0 radical (unpaired) electrons. The number of aromatic carboxylic acids is 1. The van der Waals surface area contributed by atoms with Crippen LogP contribution in [0.2, 0.25) is 5.02 Å². The van der Waals surface area contributed by atoms with Gasteiger partial charge in [-0.15, -0.1) is 0 Å². The maximum absolute atomic E-state index is 11.1. The average molecular weight is 234 g/mol. The summed E-state index contributed by atoms with van der Waals surface area (Å²) in [5.41, 5.74) is 1.51. The molecule has 0 spiro atoms. The number of rotatable bonds is 2. The Morgan fingerprint density at radius 3 is 2.50 bits per heavy atom. The number of nitrogens with zero attached hydrogens (tertiary/aromatic N) is 1. The van der Waals surface area contributed by atoms with E-state index in [4.69, 9.17) is 16.7 Å². The van der Waals surface area contributed by atoms with Crippen LogP contribution in [0.4, 0.5) is 0 Å². The van der Waals surface area contributed by atoms with Crippen LogP contribution in [0.25, 0.3) is 11.1 Å². The van der Waals surface area contributed by atoms with Crippen LogP contribution in [0.3, 0.4) is 0 Å². The number of carboxylic acids is 1. The van der Waals surface area contributed by atoms with Gasteiger partial charge in [-0.05, 0) is 29.3 Å². The van der Waals surface area contributed by atoms with Crippen LogP contribution in [0.1, 0.15) is 10.4 Å². The topological polar surface area (TPSA) is 50.2 Å². The molecule has 4 heteroatoms. The van der Waals surface area contributed by atoms with Gasteiger partial charge in [-0.2, -0.15) is 0 Å². The first-order valence-corrected chi connectivity index (χ1v) is 5.00.